The van der Waals surface area contributed by atoms with E-state index in [-0.39, 0.29) is 27.1 Å². The highest BCUT2D eigenvalue weighted by Crippen LogP contribution is 2.44. The van der Waals surface area contributed by atoms with Crippen molar-refractivity contribution in [3.63, 3.8) is 0 Å². The average Bonchev–Trinajstić information content (AvgIpc) is 3.17. The number of fused-ring (bicyclic) bond motifs is 1. The molecule has 2 aromatic rings. The van der Waals surface area contributed by atoms with E-state index < -0.39 is 29.4 Å². The molecule has 31 heavy (non-hydrogen) atoms. The van der Waals surface area contributed by atoms with E-state index in [1.165, 1.54) is 17.0 Å². The van der Waals surface area contributed by atoms with Gasteiger partial charge >= 0.3 is 0 Å². The topological polar surface area (TPSA) is 86.8 Å². The second-order valence-corrected chi connectivity index (χ2v) is 8.08. The number of carbonyl (C=O) groups is 4. The number of hydrogen-bond acceptors (Lipinski definition) is 5. The van der Waals surface area contributed by atoms with E-state index in [1.54, 1.807) is 24.3 Å². The predicted molar refractivity (Wildman–Crippen MR) is 116 cm³/mol. The molecule has 158 valence electrons. The molecule has 2 aromatic carbocycles. The van der Waals surface area contributed by atoms with Crippen LogP contribution >= 0.6 is 23.4 Å². The monoisotopic (exact) mass is 459 g/mol. The first-order chi connectivity index (χ1) is 14.8. The van der Waals surface area contributed by atoms with Gasteiger partial charge in [0, 0.05) is 17.8 Å². The molecule has 10 heteroatoms. The number of rotatable bonds is 4. The SMILES string of the molecule is CCN1C(=O)/C(=C2/SC(=O)N(CC(=O)Nc3ccc(F)c(Cl)c3)C2=O)c2ccccc21. The minimum Gasteiger partial charge on any atom is -0.324 e. The summed E-state index contributed by atoms with van der Waals surface area (Å²) >= 11 is 6.32. The third-order valence-corrected chi connectivity index (χ3v) is 6.09. The van der Waals surface area contributed by atoms with Crippen molar-refractivity contribution >= 4 is 63.3 Å². The van der Waals surface area contributed by atoms with Crippen molar-refractivity contribution in [3.8, 4) is 0 Å². The highest BCUT2D eigenvalue weighted by Gasteiger charge is 2.43. The Balaban J connectivity index is 1.59. The number of para-hydroxylation sites is 1. The third-order valence-electron chi connectivity index (χ3n) is 4.82. The molecule has 1 saturated heterocycles. The van der Waals surface area contributed by atoms with E-state index in [0.717, 1.165) is 11.0 Å². The van der Waals surface area contributed by atoms with Gasteiger partial charge in [-0.05, 0) is 43.0 Å². The maximum atomic E-state index is 13.3. The maximum Gasteiger partial charge on any atom is 0.294 e. The fraction of sp³-hybridized carbons (Fsp3) is 0.143. The number of thioether (sulfide) groups is 1. The van der Waals surface area contributed by atoms with Crippen molar-refractivity contribution in [2.45, 2.75) is 6.92 Å². The minimum atomic E-state index is -0.710. The summed E-state index contributed by atoms with van der Waals surface area (Å²) in [5.41, 5.74) is 1.63. The van der Waals surface area contributed by atoms with E-state index in [2.05, 4.69) is 5.32 Å². The normalized spacial score (nSPS) is 18.1. The summed E-state index contributed by atoms with van der Waals surface area (Å²) < 4.78 is 13.3. The van der Waals surface area contributed by atoms with Crippen molar-refractivity contribution in [2.75, 3.05) is 23.3 Å². The number of anilines is 2. The van der Waals surface area contributed by atoms with Gasteiger partial charge in [0.25, 0.3) is 17.1 Å². The van der Waals surface area contributed by atoms with E-state index in [4.69, 9.17) is 11.6 Å². The van der Waals surface area contributed by atoms with E-state index >= 15 is 0 Å². The van der Waals surface area contributed by atoms with Crippen LogP contribution in [0.3, 0.4) is 0 Å². The Bertz CT molecular complexity index is 1180. The summed E-state index contributed by atoms with van der Waals surface area (Å²) in [6.07, 6.45) is 0. The van der Waals surface area contributed by atoms with Crippen LogP contribution in [0, 0.1) is 5.82 Å². The van der Waals surface area contributed by atoms with Crippen molar-refractivity contribution in [1.29, 1.82) is 0 Å². The van der Waals surface area contributed by atoms with Crippen LogP contribution in [0.4, 0.5) is 20.6 Å². The second-order valence-electron chi connectivity index (χ2n) is 6.71. The third kappa shape index (κ3) is 3.70. The quantitative estimate of drug-likeness (QED) is 0.701. The van der Waals surface area contributed by atoms with Crippen molar-refractivity contribution in [1.82, 2.24) is 4.90 Å². The largest absolute Gasteiger partial charge is 0.324 e. The Labute approximate surface area is 185 Å². The van der Waals surface area contributed by atoms with Gasteiger partial charge in [0.05, 0.1) is 21.2 Å². The molecule has 4 rings (SSSR count). The van der Waals surface area contributed by atoms with Crippen LogP contribution in [0.25, 0.3) is 5.57 Å². The molecule has 2 aliphatic rings. The fourth-order valence-corrected chi connectivity index (χ4v) is 4.53. The van der Waals surface area contributed by atoms with Gasteiger partial charge in [-0.2, -0.15) is 0 Å². The van der Waals surface area contributed by atoms with Gasteiger partial charge in [-0.3, -0.25) is 24.1 Å². The molecule has 0 radical (unpaired) electrons. The molecule has 1 N–H and O–H groups in total. The lowest BCUT2D eigenvalue weighted by atomic mass is 10.1. The Morgan fingerprint density at radius 1 is 1.10 bits per heavy atom. The molecule has 0 aromatic heterocycles. The molecular formula is C21H15ClFN3O4S. The van der Waals surface area contributed by atoms with Crippen LogP contribution in [0.2, 0.25) is 5.02 Å². The van der Waals surface area contributed by atoms with E-state index in [9.17, 15) is 23.6 Å². The number of carbonyl (C=O) groups excluding carboxylic acids is 4. The number of halogens is 2. The van der Waals surface area contributed by atoms with Crippen LogP contribution in [-0.4, -0.2) is 41.0 Å². The summed E-state index contributed by atoms with van der Waals surface area (Å²) in [6.45, 7) is 1.67. The first-order valence-electron chi connectivity index (χ1n) is 9.26. The zero-order chi connectivity index (χ0) is 22.3. The van der Waals surface area contributed by atoms with Crippen molar-refractivity contribution in [3.05, 3.63) is 63.8 Å². The predicted octanol–water partition coefficient (Wildman–Crippen LogP) is 3.89. The molecule has 0 unspecified atom stereocenters. The van der Waals surface area contributed by atoms with Crippen LogP contribution < -0.4 is 10.2 Å². The standard InChI is InChI=1S/C21H15ClFN3O4S/c1-2-25-15-6-4-3-5-12(15)17(19(25)28)18-20(29)26(21(30)31-18)10-16(27)24-11-7-8-14(23)13(22)9-11/h3-9H,2,10H2,1H3,(H,24,27)/b18-17+. The molecule has 0 bridgehead atoms. The van der Waals surface area contributed by atoms with Crippen molar-refractivity contribution in [2.24, 2.45) is 0 Å². The Morgan fingerprint density at radius 3 is 2.55 bits per heavy atom. The zero-order valence-corrected chi connectivity index (χ0v) is 17.7. The molecule has 0 spiro atoms. The number of nitrogens with one attached hydrogen (secondary N) is 1. The molecule has 2 heterocycles. The second kappa shape index (κ2) is 8.16. The Hall–Kier alpha value is -3.17. The summed E-state index contributed by atoms with van der Waals surface area (Å²) in [6, 6.07) is 10.6. The molecular weight excluding hydrogens is 445 g/mol. The van der Waals surface area contributed by atoms with E-state index in [1.807, 2.05) is 6.92 Å². The van der Waals surface area contributed by atoms with Crippen LogP contribution in [-0.2, 0) is 14.4 Å². The molecule has 7 nitrogen and oxygen atoms in total. The number of hydrogen-bond donors (Lipinski definition) is 1. The van der Waals surface area contributed by atoms with Gasteiger partial charge in [-0.25, -0.2) is 4.39 Å². The van der Waals surface area contributed by atoms with Gasteiger partial charge in [-0.15, -0.1) is 0 Å². The van der Waals surface area contributed by atoms with Gasteiger partial charge < -0.3 is 10.2 Å². The van der Waals surface area contributed by atoms with E-state index in [0.29, 0.717) is 29.6 Å². The smallest absolute Gasteiger partial charge is 0.294 e. The highest BCUT2D eigenvalue weighted by molar-refractivity contribution is 8.18. The van der Waals surface area contributed by atoms with Gasteiger partial charge in [0.2, 0.25) is 5.91 Å². The van der Waals surface area contributed by atoms with Gasteiger partial charge in [0.1, 0.15) is 12.4 Å². The number of nitrogens with zero attached hydrogens (tertiary/aromatic N) is 2. The average molecular weight is 460 g/mol. The molecule has 0 saturated carbocycles. The fourth-order valence-electron chi connectivity index (χ4n) is 3.42. The zero-order valence-electron chi connectivity index (χ0n) is 16.1. The molecule has 2 aliphatic heterocycles. The first kappa shape index (κ1) is 21.1. The summed E-state index contributed by atoms with van der Waals surface area (Å²) in [5.74, 6) is -2.37. The molecule has 1 fully saturated rings. The number of imide groups is 1. The van der Waals surface area contributed by atoms with Crippen LogP contribution in [0.15, 0.2) is 47.4 Å². The lowest BCUT2D eigenvalue weighted by Crippen LogP contribution is -2.36. The summed E-state index contributed by atoms with van der Waals surface area (Å²) in [5, 5.41) is 1.64. The van der Waals surface area contributed by atoms with Gasteiger partial charge in [0.15, 0.2) is 0 Å². The number of amides is 4. The lowest BCUT2D eigenvalue weighted by molar-refractivity contribution is -0.127. The molecule has 0 atom stereocenters. The molecule has 4 amide bonds. The summed E-state index contributed by atoms with van der Waals surface area (Å²) in [7, 11) is 0. The highest BCUT2D eigenvalue weighted by atomic mass is 35.5. The van der Waals surface area contributed by atoms with Crippen molar-refractivity contribution < 1.29 is 23.6 Å². The number of likely N-dealkylation sites (N-methyl/N-ethyl adjacent to an activating group) is 1. The van der Waals surface area contributed by atoms with Crippen LogP contribution in [0.5, 0.6) is 0 Å². The van der Waals surface area contributed by atoms with Gasteiger partial charge in [-0.1, -0.05) is 29.8 Å². The van der Waals surface area contributed by atoms with Crippen LogP contribution in [0.1, 0.15) is 12.5 Å². The minimum absolute atomic E-state index is 0.00368. The summed E-state index contributed by atoms with van der Waals surface area (Å²) in [4.78, 5) is 53.0. The maximum absolute atomic E-state index is 13.3. The first-order valence-corrected chi connectivity index (χ1v) is 10.5. The Morgan fingerprint density at radius 2 is 1.84 bits per heavy atom. The molecule has 0 aliphatic carbocycles. The lowest BCUT2D eigenvalue weighted by Gasteiger charge is -2.13. The Kier molecular flexibility index (Phi) is 5.55. The number of benzene rings is 2.